The summed E-state index contributed by atoms with van der Waals surface area (Å²) in [4.78, 5) is 11.2. The number of methoxy groups -OCH3 is 1. The second-order valence-electron chi connectivity index (χ2n) is 5.91. The molecule has 0 spiro atoms. The van der Waals surface area contributed by atoms with Gasteiger partial charge < -0.3 is 15.0 Å². The van der Waals surface area contributed by atoms with Crippen LogP contribution in [-0.4, -0.2) is 42.8 Å². The maximum absolute atomic E-state index is 5.27. The van der Waals surface area contributed by atoms with Crippen LogP contribution in [0.25, 0.3) is 0 Å². The van der Waals surface area contributed by atoms with Crippen molar-refractivity contribution in [3.8, 4) is 5.88 Å². The van der Waals surface area contributed by atoms with Gasteiger partial charge in [0.1, 0.15) is 11.6 Å². The Morgan fingerprint density at radius 2 is 2.25 bits per heavy atom. The number of anilines is 1. The van der Waals surface area contributed by atoms with Crippen LogP contribution in [0.1, 0.15) is 32.5 Å². The number of nitrogens with one attached hydrogen (secondary N) is 1. The molecule has 0 amide bonds. The fourth-order valence-electron chi connectivity index (χ4n) is 2.67. The van der Waals surface area contributed by atoms with Gasteiger partial charge in [0.25, 0.3) is 0 Å². The number of ether oxygens (including phenoxy) is 1. The molecular formula is C15H26N4O. The largest absolute Gasteiger partial charge is 0.481 e. The van der Waals surface area contributed by atoms with Gasteiger partial charge in [-0.1, -0.05) is 13.8 Å². The van der Waals surface area contributed by atoms with Crippen LogP contribution in [0.4, 0.5) is 5.82 Å². The standard InChI is InChI=1S/C15H26N4O/c1-11(2)9-19(10-13-6-5-7-16-13)14-8-15(20-4)18-12(3)17-14/h8,11,13,16H,5-7,9-10H2,1-4H3. The molecule has 1 aliphatic heterocycles. The van der Waals surface area contributed by atoms with Gasteiger partial charge in [-0.2, -0.15) is 4.98 Å². The lowest BCUT2D eigenvalue weighted by molar-refractivity contribution is 0.395. The van der Waals surface area contributed by atoms with Crippen molar-refractivity contribution in [3.05, 3.63) is 11.9 Å². The number of nitrogens with zero attached hydrogens (tertiary/aromatic N) is 3. The Hall–Kier alpha value is -1.36. The monoisotopic (exact) mass is 278 g/mol. The van der Waals surface area contributed by atoms with Gasteiger partial charge in [0.05, 0.1) is 7.11 Å². The predicted molar refractivity (Wildman–Crippen MR) is 81.4 cm³/mol. The number of aryl methyl sites for hydroxylation is 1. The maximum Gasteiger partial charge on any atom is 0.218 e. The van der Waals surface area contributed by atoms with Gasteiger partial charge in [0.15, 0.2) is 0 Å². The number of aromatic nitrogens is 2. The summed E-state index contributed by atoms with van der Waals surface area (Å²) < 4.78 is 5.27. The van der Waals surface area contributed by atoms with Crippen molar-refractivity contribution in [2.45, 2.75) is 39.7 Å². The minimum absolute atomic E-state index is 0.565. The Morgan fingerprint density at radius 1 is 1.45 bits per heavy atom. The van der Waals surface area contributed by atoms with Gasteiger partial charge >= 0.3 is 0 Å². The zero-order valence-electron chi connectivity index (χ0n) is 13.0. The highest BCUT2D eigenvalue weighted by atomic mass is 16.5. The third-order valence-electron chi connectivity index (χ3n) is 3.52. The molecule has 5 heteroatoms. The van der Waals surface area contributed by atoms with Gasteiger partial charge in [-0.25, -0.2) is 4.98 Å². The Morgan fingerprint density at radius 3 is 2.85 bits per heavy atom. The fraction of sp³-hybridized carbons (Fsp3) is 0.733. The first kappa shape index (κ1) is 15.0. The molecule has 0 radical (unpaired) electrons. The Balaban J connectivity index is 2.17. The summed E-state index contributed by atoms with van der Waals surface area (Å²) in [6, 6.07) is 2.50. The SMILES string of the molecule is COc1cc(N(CC(C)C)CC2CCCN2)nc(C)n1. The molecule has 0 bridgehead atoms. The third kappa shape index (κ3) is 4.07. The lowest BCUT2D eigenvalue weighted by Crippen LogP contribution is -2.40. The fourth-order valence-corrected chi connectivity index (χ4v) is 2.67. The zero-order chi connectivity index (χ0) is 14.5. The molecule has 5 nitrogen and oxygen atoms in total. The summed E-state index contributed by atoms with van der Waals surface area (Å²) >= 11 is 0. The van der Waals surface area contributed by atoms with E-state index in [0.717, 1.165) is 31.3 Å². The molecule has 1 N–H and O–H groups in total. The molecule has 1 fully saturated rings. The molecule has 0 aromatic carbocycles. The Labute approximate surface area is 121 Å². The second kappa shape index (κ2) is 6.88. The zero-order valence-corrected chi connectivity index (χ0v) is 13.0. The van der Waals surface area contributed by atoms with Crippen LogP contribution in [0.15, 0.2) is 6.07 Å². The minimum atomic E-state index is 0.565. The van der Waals surface area contributed by atoms with E-state index in [1.54, 1.807) is 7.11 Å². The molecule has 112 valence electrons. The van der Waals surface area contributed by atoms with E-state index in [0.29, 0.717) is 17.8 Å². The van der Waals surface area contributed by atoms with Crippen molar-refractivity contribution in [1.82, 2.24) is 15.3 Å². The third-order valence-corrected chi connectivity index (χ3v) is 3.52. The molecule has 1 aliphatic rings. The second-order valence-corrected chi connectivity index (χ2v) is 5.91. The van der Waals surface area contributed by atoms with Crippen molar-refractivity contribution in [3.63, 3.8) is 0 Å². The molecule has 1 saturated heterocycles. The smallest absolute Gasteiger partial charge is 0.218 e. The van der Waals surface area contributed by atoms with Crippen molar-refractivity contribution < 1.29 is 4.74 Å². The lowest BCUT2D eigenvalue weighted by Gasteiger charge is -2.28. The van der Waals surface area contributed by atoms with Gasteiger partial charge in [-0.3, -0.25) is 0 Å². The molecule has 20 heavy (non-hydrogen) atoms. The van der Waals surface area contributed by atoms with E-state index in [-0.39, 0.29) is 0 Å². The van der Waals surface area contributed by atoms with E-state index < -0.39 is 0 Å². The molecule has 0 saturated carbocycles. The van der Waals surface area contributed by atoms with Crippen LogP contribution < -0.4 is 15.0 Å². The summed E-state index contributed by atoms with van der Waals surface area (Å²) in [6.45, 7) is 9.51. The van der Waals surface area contributed by atoms with E-state index in [4.69, 9.17) is 4.74 Å². The van der Waals surface area contributed by atoms with Gasteiger partial charge in [0, 0.05) is 25.2 Å². The van der Waals surface area contributed by atoms with E-state index in [9.17, 15) is 0 Å². The van der Waals surface area contributed by atoms with Crippen molar-refractivity contribution in [1.29, 1.82) is 0 Å². The van der Waals surface area contributed by atoms with Crippen LogP contribution in [0.2, 0.25) is 0 Å². The Kier molecular flexibility index (Phi) is 5.17. The van der Waals surface area contributed by atoms with Crippen molar-refractivity contribution in [2.24, 2.45) is 5.92 Å². The lowest BCUT2D eigenvalue weighted by atomic mass is 10.1. The van der Waals surface area contributed by atoms with Crippen LogP contribution in [0, 0.1) is 12.8 Å². The predicted octanol–water partition coefficient (Wildman–Crippen LogP) is 2.01. The summed E-state index contributed by atoms with van der Waals surface area (Å²) in [7, 11) is 1.65. The van der Waals surface area contributed by atoms with E-state index in [1.165, 1.54) is 12.8 Å². The average molecular weight is 278 g/mol. The van der Waals surface area contributed by atoms with Crippen LogP contribution in [0.5, 0.6) is 5.88 Å². The molecule has 0 aliphatic carbocycles. The molecule has 1 aromatic rings. The molecule has 1 atom stereocenters. The molecule has 1 aromatic heterocycles. The molecule has 1 unspecified atom stereocenters. The molecule has 2 rings (SSSR count). The molecular weight excluding hydrogens is 252 g/mol. The topological polar surface area (TPSA) is 50.3 Å². The van der Waals surface area contributed by atoms with Crippen molar-refractivity contribution >= 4 is 5.82 Å². The van der Waals surface area contributed by atoms with Crippen LogP contribution >= 0.6 is 0 Å². The summed E-state index contributed by atoms with van der Waals surface area (Å²) in [5, 5.41) is 3.56. The summed E-state index contributed by atoms with van der Waals surface area (Å²) in [5.41, 5.74) is 0. The highest BCUT2D eigenvalue weighted by Gasteiger charge is 2.20. The van der Waals surface area contributed by atoms with E-state index in [1.807, 2.05) is 13.0 Å². The van der Waals surface area contributed by atoms with Crippen LogP contribution in [-0.2, 0) is 0 Å². The number of hydrogen-bond acceptors (Lipinski definition) is 5. The highest BCUT2D eigenvalue weighted by molar-refractivity contribution is 5.42. The van der Waals surface area contributed by atoms with Gasteiger partial charge in [-0.15, -0.1) is 0 Å². The summed E-state index contributed by atoms with van der Waals surface area (Å²) in [6.07, 6.45) is 2.52. The minimum Gasteiger partial charge on any atom is -0.481 e. The first-order valence-corrected chi connectivity index (χ1v) is 7.46. The van der Waals surface area contributed by atoms with Gasteiger partial charge in [0.2, 0.25) is 5.88 Å². The quantitative estimate of drug-likeness (QED) is 0.862. The van der Waals surface area contributed by atoms with Crippen LogP contribution in [0.3, 0.4) is 0 Å². The summed E-state index contributed by atoms with van der Waals surface area (Å²) in [5.74, 6) is 2.96. The number of rotatable bonds is 6. The van der Waals surface area contributed by atoms with E-state index in [2.05, 4.69) is 34.0 Å². The highest BCUT2D eigenvalue weighted by Crippen LogP contribution is 2.20. The Bertz CT molecular complexity index is 430. The maximum atomic E-state index is 5.27. The first-order valence-electron chi connectivity index (χ1n) is 7.46. The van der Waals surface area contributed by atoms with Gasteiger partial charge in [-0.05, 0) is 32.2 Å². The first-order chi connectivity index (χ1) is 9.58. The molecule has 2 heterocycles. The van der Waals surface area contributed by atoms with Crippen molar-refractivity contribution in [2.75, 3.05) is 31.6 Å². The average Bonchev–Trinajstić information content (AvgIpc) is 2.89. The normalized spacial score (nSPS) is 18.6. The number of hydrogen-bond donors (Lipinski definition) is 1. The van der Waals surface area contributed by atoms with E-state index >= 15 is 0 Å².